The molecule has 0 saturated heterocycles. The van der Waals surface area contributed by atoms with E-state index in [4.69, 9.17) is 4.98 Å². The van der Waals surface area contributed by atoms with Crippen LogP contribution in [0.1, 0.15) is 51.6 Å². The molecule has 2 aliphatic rings. The average molecular weight is 381 g/mol. The van der Waals surface area contributed by atoms with Crippen LogP contribution in [0.25, 0.3) is 11.3 Å². The summed E-state index contributed by atoms with van der Waals surface area (Å²) < 4.78 is 0. The first-order valence-electron chi connectivity index (χ1n) is 10.0. The molecular formula is C21H27N5O2. The van der Waals surface area contributed by atoms with Gasteiger partial charge in [-0.25, -0.2) is 9.97 Å². The Balaban J connectivity index is 1.58. The standard InChI is InChI=1S/C21H27N5O2/c1-21(2,28)17-8-7-15(11-22-17)16-12-23-19-20(24-16)26(13-18(27)25-19)10-9-14-5-3-4-6-14/h7-8,11-12,14,28H,3-6,9-10,13H2,1-2H3,(H,23,25,27). The van der Waals surface area contributed by atoms with Gasteiger partial charge in [0.05, 0.1) is 24.1 Å². The van der Waals surface area contributed by atoms with Crippen molar-refractivity contribution in [3.05, 3.63) is 30.2 Å². The molecule has 7 nitrogen and oxygen atoms in total. The molecule has 2 aromatic heterocycles. The highest BCUT2D eigenvalue weighted by Crippen LogP contribution is 2.32. The second-order valence-corrected chi connectivity index (χ2v) is 8.33. The van der Waals surface area contributed by atoms with E-state index in [1.54, 1.807) is 32.3 Å². The van der Waals surface area contributed by atoms with Gasteiger partial charge < -0.3 is 15.3 Å². The Morgan fingerprint density at radius 3 is 2.68 bits per heavy atom. The second kappa shape index (κ2) is 7.47. The van der Waals surface area contributed by atoms with E-state index in [1.165, 1.54) is 25.7 Å². The molecule has 0 aromatic carbocycles. The summed E-state index contributed by atoms with van der Waals surface area (Å²) in [5.41, 5.74) is 1.15. The summed E-state index contributed by atoms with van der Waals surface area (Å²) in [5.74, 6) is 1.95. The number of aromatic nitrogens is 3. The number of aliphatic hydroxyl groups is 1. The van der Waals surface area contributed by atoms with Crippen molar-refractivity contribution in [3.8, 4) is 11.3 Å². The average Bonchev–Trinajstić information content (AvgIpc) is 3.19. The van der Waals surface area contributed by atoms with Crippen molar-refractivity contribution in [1.29, 1.82) is 0 Å². The fourth-order valence-electron chi connectivity index (χ4n) is 3.98. The van der Waals surface area contributed by atoms with E-state index in [1.807, 2.05) is 11.0 Å². The maximum absolute atomic E-state index is 12.1. The zero-order chi connectivity index (χ0) is 19.7. The van der Waals surface area contributed by atoms with Gasteiger partial charge in [0.25, 0.3) is 0 Å². The van der Waals surface area contributed by atoms with Gasteiger partial charge in [-0.15, -0.1) is 0 Å². The van der Waals surface area contributed by atoms with Crippen LogP contribution in [0.5, 0.6) is 0 Å². The van der Waals surface area contributed by atoms with Crippen LogP contribution in [0.15, 0.2) is 24.5 Å². The zero-order valence-corrected chi connectivity index (χ0v) is 16.5. The van der Waals surface area contributed by atoms with E-state index in [-0.39, 0.29) is 5.91 Å². The lowest BCUT2D eigenvalue weighted by molar-refractivity contribution is -0.115. The van der Waals surface area contributed by atoms with Crippen LogP contribution < -0.4 is 10.2 Å². The van der Waals surface area contributed by atoms with E-state index in [2.05, 4.69) is 15.3 Å². The number of rotatable bonds is 5. The molecule has 0 atom stereocenters. The molecule has 2 aromatic rings. The quantitative estimate of drug-likeness (QED) is 0.827. The summed E-state index contributed by atoms with van der Waals surface area (Å²) in [4.78, 5) is 27.7. The topological polar surface area (TPSA) is 91.2 Å². The third-order valence-corrected chi connectivity index (χ3v) is 5.61. The van der Waals surface area contributed by atoms with E-state index >= 15 is 0 Å². The summed E-state index contributed by atoms with van der Waals surface area (Å²) in [6.07, 6.45) is 9.66. The first kappa shape index (κ1) is 18.8. The fourth-order valence-corrected chi connectivity index (χ4v) is 3.98. The van der Waals surface area contributed by atoms with Crippen molar-refractivity contribution in [1.82, 2.24) is 15.0 Å². The van der Waals surface area contributed by atoms with E-state index in [0.717, 1.165) is 30.3 Å². The van der Waals surface area contributed by atoms with Crippen LogP contribution in [0.4, 0.5) is 11.6 Å². The van der Waals surface area contributed by atoms with Gasteiger partial charge in [0.15, 0.2) is 11.6 Å². The maximum atomic E-state index is 12.1. The Bertz CT molecular complexity index is 854. The Morgan fingerprint density at radius 2 is 2.00 bits per heavy atom. The van der Waals surface area contributed by atoms with E-state index < -0.39 is 5.60 Å². The molecule has 1 amide bonds. The largest absolute Gasteiger partial charge is 0.384 e. The molecule has 0 spiro atoms. The molecule has 1 aliphatic heterocycles. The molecule has 28 heavy (non-hydrogen) atoms. The molecule has 2 N–H and O–H groups in total. The molecular weight excluding hydrogens is 354 g/mol. The number of fused-ring (bicyclic) bond motifs is 1. The molecule has 0 bridgehead atoms. The van der Waals surface area contributed by atoms with Crippen molar-refractivity contribution in [2.75, 3.05) is 23.3 Å². The van der Waals surface area contributed by atoms with Crippen LogP contribution in [-0.2, 0) is 10.4 Å². The number of nitrogens with zero attached hydrogens (tertiary/aromatic N) is 4. The molecule has 7 heteroatoms. The normalized spacial score (nSPS) is 17.5. The first-order chi connectivity index (χ1) is 13.4. The monoisotopic (exact) mass is 381 g/mol. The zero-order valence-electron chi connectivity index (χ0n) is 16.5. The summed E-state index contributed by atoms with van der Waals surface area (Å²) in [6, 6.07) is 3.69. The summed E-state index contributed by atoms with van der Waals surface area (Å²) in [6.45, 7) is 4.55. The van der Waals surface area contributed by atoms with Crippen LogP contribution in [0, 0.1) is 5.92 Å². The molecule has 1 fully saturated rings. The van der Waals surface area contributed by atoms with Gasteiger partial charge >= 0.3 is 0 Å². The van der Waals surface area contributed by atoms with Gasteiger partial charge in [0, 0.05) is 18.3 Å². The summed E-state index contributed by atoms with van der Waals surface area (Å²) in [5, 5.41) is 12.9. The molecule has 4 rings (SSSR count). The Morgan fingerprint density at radius 1 is 1.21 bits per heavy atom. The van der Waals surface area contributed by atoms with E-state index in [0.29, 0.717) is 23.8 Å². The number of amides is 1. The minimum absolute atomic E-state index is 0.0443. The maximum Gasteiger partial charge on any atom is 0.245 e. The summed E-state index contributed by atoms with van der Waals surface area (Å²) >= 11 is 0. The number of nitrogens with one attached hydrogen (secondary N) is 1. The number of carbonyl (C=O) groups is 1. The van der Waals surface area contributed by atoms with Gasteiger partial charge in [0.1, 0.15) is 5.60 Å². The number of anilines is 2. The number of carbonyl (C=O) groups excluding carboxylic acids is 1. The molecule has 1 saturated carbocycles. The second-order valence-electron chi connectivity index (χ2n) is 8.33. The van der Waals surface area contributed by atoms with Gasteiger partial charge in [0.2, 0.25) is 5.91 Å². The predicted octanol–water partition coefficient (Wildman–Crippen LogP) is 3.10. The Labute approximate surface area is 165 Å². The van der Waals surface area contributed by atoms with Gasteiger partial charge in [-0.05, 0) is 38.3 Å². The predicted molar refractivity (Wildman–Crippen MR) is 108 cm³/mol. The fraction of sp³-hybridized carbons (Fsp3) is 0.524. The number of hydrogen-bond donors (Lipinski definition) is 2. The summed E-state index contributed by atoms with van der Waals surface area (Å²) in [7, 11) is 0. The van der Waals surface area contributed by atoms with E-state index in [9.17, 15) is 9.90 Å². The highest BCUT2D eigenvalue weighted by molar-refractivity contribution is 5.99. The third-order valence-electron chi connectivity index (χ3n) is 5.61. The van der Waals surface area contributed by atoms with Crippen molar-refractivity contribution in [2.24, 2.45) is 5.92 Å². The Hall–Kier alpha value is -2.54. The van der Waals surface area contributed by atoms with Gasteiger partial charge in [-0.1, -0.05) is 25.7 Å². The number of hydrogen-bond acceptors (Lipinski definition) is 6. The van der Waals surface area contributed by atoms with Crippen molar-refractivity contribution >= 4 is 17.5 Å². The van der Waals surface area contributed by atoms with Gasteiger partial charge in [-0.2, -0.15) is 0 Å². The SMILES string of the molecule is CC(C)(O)c1ccc(-c2cnc3c(n2)N(CCC2CCCC2)CC(=O)N3)cn1. The highest BCUT2D eigenvalue weighted by atomic mass is 16.3. The molecule has 148 valence electrons. The first-order valence-corrected chi connectivity index (χ1v) is 10.0. The van der Waals surface area contributed by atoms with Crippen LogP contribution in [-0.4, -0.2) is 39.1 Å². The van der Waals surface area contributed by atoms with Gasteiger partial charge in [-0.3, -0.25) is 9.78 Å². The lowest BCUT2D eigenvalue weighted by atomic mass is 10.0. The molecule has 1 aliphatic carbocycles. The van der Waals surface area contributed by atoms with Crippen LogP contribution >= 0.6 is 0 Å². The smallest absolute Gasteiger partial charge is 0.245 e. The molecule has 3 heterocycles. The van der Waals surface area contributed by atoms with Crippen LogP contribution in [0.2, 0.25) is 0 Å². The lowest BCUT2D eigenvalue weighted by Crippen LogP contribution is -2.40. The molecule has 0 unspecified atom stereocenters. The lowest BCUT2D eigenvalue weighted by Gasteiger charge is -2.30. The number of pyridine rings is 1. The Kier molecular flexibility index (Phi) is 5.02. The van der Waals surface area contributed by atoms with Crippen molar-refractivity contribution < 1.29 is 9.90 Å². The van der Waals surface area contributed by atoms with Crippen molar-refractivity contribution in [2.45, 2.75) is 51.6 Å². The van der Waals surface area contributed by atoms with Crippen LogP contribution in [0.3, 0.4) is 0 Å². The molecule has 0 radical (unpaired) electrons. The highest BCUT2D eigenvalue weighted by Gasteiger charge is 2.26. The minimum atomic E-state index is -0.985. The minimum Gasteiger partial charge on any atom is -0.384 e. The third kappa shape index (κ3) is 3.99. The van der Waals surface area contributed by atoms with Crippen molar-refractivity contribution in [3.63, 3.8) is 0 Å².